The number of nitrogens with one attached hydrogen (secondary N) is 2. The van der Waals surface area contributed by atoms with E-state index in [-0.39, 0.29) is 0 Å². The first kappa shape index (κ1) is 16.3. The molecule has 1 aromatic heterocycles. The van der Waals surface area contributed by atoms with E-state index in [1.54, 1.807) is 11.3 Å². The second kappa shape index (κ2) is 7.78. The van der Waals surface area contributed by atoms with Crippen molar-refractivity contribution in [2.45, 2.75) is 53.0 Å². The van der Waals surface area contributed by atoms with E-state index in [0.717, 1.165) is 41.6 Å². The molecule has 2 atom stereocenters. The quantitative estimate of drug-likeness (QED) is 0.663. The van der Waals surface area contributed by atoms with Crippen molar-refractivity contribution >= 4 is 17.3 Å². The molecule has 118 valence electrons. The van der Waals surface area contributed by atoms with Crippen LogP contribution in [-0.4, -0.2) is 24.5 Å². The van der Waals surface area contributed by atoms with Crippen LogP contribution < -0.4 is 10.6 Å². The summed E-state index contributed by atoms with van der Waals surface area (Å²) in [6, 6.07) is 0. The molecule has 0 radical (unpaired) electrons. The van der Waals surface area contributed by atoms with E-state index in [1.165, 1.54) is 30.6 Å². The van der Waals surface area contributed by atoms with Crippen molar-refractivity contribution < 1.29 is 0 Å². The van der Waals surface area contributed by atoms with Gasteiger partial charge in [0.05, 0.1) is 17.2 Å². The summed E-state index contributed by atoms with van der Waals surface area (Å²) in [5, 5.41) is 8.01. The summed E-state index contributed by atoms with van der Waals surface area (Å²) >= 11 is 1.76. The number of aryl methyl sites for hydroxylation is 2. The molecule has 2 N–H and O–H groups in total. The van der Waals surface area contributed by atoms with Crippen molar-refractivity contribution in [1.82, 2.24) is 15.6 Å². The summed E-state index contributed by atoms with van der Waals surface area (Å²) in [5.41, 5.74) is 1.13. The Balaban J connectivity index is 1.77. The molecule has 1 aromatic rings. The molecule has 1 aliphatic carbocycles. The summed E-state index contributed by atoms with van der Waals surface area (Å²) < 4.78 is 0. The fraction of sp³-hybridized carbons (Fsp3) is 0.750. The summed E-state index contributed by atoms with van der Waals surface area (Å²) in [6.07, 6.45) is 5.46. The Labute approximate surface area is 132 Å². The summed E-state index contributed by atoms with van der Waals surface area (Å²) in [6.45, 7) is 8.33. The van der Waals surface area contributed by atoms with Gasteiger partial charge in [0.15, 0.2) is 5.96 Å². The second-order valence-electron chi connectivity index (χ2n) is 6.19. The van der Waals surface area contributed by atoms with Gasteiger partial charge in [-0.2, -0.15) is 0 Å². The molecule has 1 saturated carbocycles. The van der Waals surface area contributed by atoms with Crippen LogP contribution in [0.5, 0.6) is 0 Å². The smallest absolute Gasteiger partial charge is 0.191 e. The number of guanidine groups is 1. The van der Waals surface area contributed by atoms with E-state index >= 15 is 0 Å². The second-order valence-corrected chi connectivity index (χ2v) is 7.47. The molecular formula is C16H28N4S. The van der Waals surface area contributed by atoms with Crippen LogP contribution in [0.3, 0.4) is 0 Å². The Kier molecular flexibility index (Phi) is 6.03. The molecule has 5 heteroatoms. The minimum Gasteiger partial charge on any atom is -0.356 e. The van der Waals surface area contributed by atoms with E-state index in [2.05, 4.69) is 41.4 Å². The van der Waals surface area contributed by atoms with Crippen LogP contribution in [0.25, 0.3) is 0 Å². The molecule has 0 aromatic carbocycles. The summed E-state index contributed by atoms with van der Waals surface area (Å²) in [5.74, 6) is 2.57. The van der Waals surface area contributed by atoms with Crippen LogP contribution >= 0.6 is 11.3 Å². The molecule has 21 heavy (non-hydrogen) atoms. The number of rotatable bonds is 4. The van der Waals surface area contributed by atoms with Crippen molar-refractivity contribution in [3.8, 4) is 0 Å². The van der Waals surface area contributed by atoms with Gasteiger partial charge < -0.3 is 10.6 Å². The van der Waals surface area contributed by atoms with Gasteiger partial charge in [-0.15, -0.1) is 11.3 Å². The number of aliphatic imine (C=N–C) groups is 1. The molecule has 0 bridgehead atoms. The van der Waals surface area contributed by atoms with Crippen molar-refractivity contribution in [2.75, 3.05) is 13.6 Å². The van der Waals surface area contributed by atoms with Crippen LogP contribution in [0, 0.1) is 25.7 Å². The standard InChI is InChI=1S/C16H28N4S/c1-11-6-5-7-14(8-11)9-18-16(17-4)19-10-15-12(2)20-13(3)21-15/h11,14H,5-10H2,1-4H3,(H2,17,18,19). The maximum Gasteiger partial charge on any atom is 0.191 e. The fourth-order valence-electron chi connectivity index (χ4n) is 3.11. The molecule has 1 heterocycles. The van der Waals surface area contributed by atoms with Crippen molar-refractivity contribution in [2.24, 2.45) is 16.8 Å². The number of hydrogen-bond donors (Lipinski definition) is 2. The molecular weight excluding hydrogens is 280 g/mol. The lowest BCUT2D eigenvalue weighted by Crippen LogP contribution is -2.40. The number of hydrogen-bond acceptors (Lipinski definition) is 3. The van der Waals surface area contributed by atoms with Crippen molar-refractivity contribution in [3.63, 3.8) is 0 Å². The molecule has 0 saturated heterocycles. The zero-order chi connectivity index (χ0) is 15.2. The highest BCUT2D eigenvalue weighted by Gasteiger charge is 2.18. The Morgan fingerprint density at radius 2 is 2.14 bits per heavy atom. The van der Waals surface area contributed by atoms with Crippen LogP contribution in [0.15, 0.2) is 4.99 Å². The van der Waals surface area contributed by atoms with Gasteiger partial charge in [0.1, 0.15) is 0 Å². The number of nitrogens with zero attached hydrogens (tertiary/aromatic N) is 2. The van der Waals surface area contributed by atoms with Gasteiger partial charge in [-0.1, -0.05) is 19.8 Å². The third-order valence-electron chi connectivity index (χ3n) is 4.24. The van der Waals surface area contributed by atoms with Crippen LogP contribution in [0.1, 0.15) is 48.2 Å². The Morgan fingerprint density at radius 1 is 1.33 bits per heavy atom. The van der Waals surface area contributed by atoms with Crippen LogP contribution in [0.2, 0.25) is 0 Å². The van der Waals surface area contributed by atoms with Gasteiger partial charge in [0.25, 0.3) is 0 Å². The van der Waals surface area contributed by atoms with E-state index in [4.69, 9.17) is 0 Å². The van der Waals surface area contributed by atoms with Crippen LogP contribution in [-0.2, 0) is 6.54 Å². The minimum absolute atomic E-state index is 0.791. The topological polar surface area (TPSA) is 49.3 Å². The lowest BCUT2D eigenvalue weighted by atomic mass is 9.82. The lowest BCUT2D eigenvalue weighted by molar-refractivity contribution is 0.282. The molecule has 2 unspecified atom stereocenters. The van der Waals surface area contributed by atoms with Crippen molar-refractivity contribution in [1.29, 1.82) is 0 Å². The minimum atomic E-state index is 0.791. The number of aromatic nitrogens is 1. The molecule has 1 aliphatic rings. The maximum atomic E-state index is 4.46. The molecule has 4 nitrogen and oxygen atoms in total. The Hall–Kier alpha value is -1.10. The highest BCUT2D eigenvalue weighted by atomic mass is 32.1. The van der Waals surface area contributed by atoms with Crippen molar-refractivity contribution in [3.05, 3.63) is 15.6 Å². The molecule has 1 fully saturated rings. The highest BCUT2D eigenvalue weighted by molar-refractivity contribution is 7.11. The van der Waals surface area contributed by atoms with Gasteiger partial charge in [0.2, 0.25) is 0 Å². The SMILES string of the molecule is CN=C(NCc1sc(C)nc1C)NCC1CCCC(C)C1. The van der Waals surface area contributed by atoms with E-state index < -0.39 is 0 Å². The predicted molar refractivity (Wildman–Crippen MR) is 90.9 cm³/mol. The first-order chi connectivity index (χ1) is 10.1. The normalized spacial score (nSPS) is 23.1. The van der Waals surface area contributed by atoms with Gasteiger partial charge in [-0.25, -0.2) is 4.98 Å². The largest absolute Gasteiger partial charge is 0.356 e. The van der Waals surface area contributed by atoms with E-state index in [1.807, 2.05) is 7.05 Å². The zero-order valence-electron chi connectivity index (χ0n) is 13.7. The highest BCUT2D eigenvalue weighted by Crippen LogP contribution is 2.27. The Bertz CT molecular complexity index is 481. The average molecular weight is 308 g/mol. The van der Waals surface area contributed by atoms with E-state index in [0.29, 0.717) is 0 Å². The predicted octanol–water partition coefficient (Wildman–Crippen LogP) is 3.25. The van der Waals surface area contributed by atoms with Gasteiger partial charge >= 0.3 is 0 Å². The monoisotopic (exact) mass is 308 g/mol. The third kappa shape index (κ3) is 4.99. The molecule has 0 spiro atoms. The zero-order valence-corrected chi connectivity index (χ0v) is 14.5. The summed E-state index contributed by atoms with van der Waals surface area (Å²) in [7, 11) is 1.84. The summed E-state index contributed by atoms with van der Waals surface area (Å²) in [4.78, 5) is 10.1. The maximum absolute atomic E-state index is 4.46. The average Bonchev–Trinajstić information content (AvgIpc) is 2.77. The van der Waals surface area contributed by atoms with Gasteiger partial charge in [-0.05, 0) is 38.5 Å². The third-order valence-corrected chi connectivity index (χ3v) is 5.32. The molecule has 0 aliphatic heterocycles. The van der Waals surface area contributed by atoms with Gasteiger partial charge in [-0.3, -0.25) is 4.99 Å². The first-order valence-corrected chi connectivity index (χ1v) is 8.77. The first-order valence-electron chi connectivity index (χ1n) is 7.96. The van der Waals surface area contributed by atoms with E-state index in [9.17, 15) is 0 Å². The Morgan fingerprint density at radius 3 is 2.76 bits per heavy atom. The fourth-order valence-corrected chi connectivity index (χ4v) is 3.99. The number of thiazole rings is 1. The molecule has 0 amide bonds. The molecule has 2 rings (SSSR count). The van der Waals surface area contributed by atoms with Crippen LogP contribution in [0.4, 0.5) is 0 Å². The lowest BCUT2D eigenvalue weighted by Gasteiger charge is -2.27. The van der Waals surface area contributed by atoms with Gasteiger partial charge in [0, 0.05) is 18.5 Å².